The van der Waals surface area contributed by atoms with E-state index in [2.05, 4.69) is 5.32 Å². The zero-order valence-corrected chi connectivity index (χ0v) is 24.9. The Morgan fingerprint density at radius 1 is 0.927 bits per heavy atom. The van der Waals surface area contributed by atoms with Crippen LogP contribution in [0.15, 0.2) is 60.7 Å². The number of thiophene rings is 1. The molecule has 3 fully saturated rings. The van der Waals surface area contributed by atoms with Crippen molar-refractivity contribution in [2.45, 2.75) is 30.8 Å². The zero-order valence-electron chi connectivity index (χ0n) is 22.6. The fraction of sp³-hybridized carbons (Fsp3) is 0.387. The van der Waals surface area contributed by atoms with Crippen molar-refractivity contribution in [1.82, 2.24) is 15.1 Å². The highest BCUT2D eigenvalue weighted by atomic mass is 35.5. The molecule has 0 spiro atoms. The number of carbonyl (C=O) groups excluding carboxylic acids is 3. The number of carbonyl (C=O) groups is 3. The molecule has 4 unspecified atom stereocenters. The number of likely N-dealkylation sites (tertiary alicyclic amines) is 1. The molecule has 1 aliphatic carbocycles. The fourth-order valence-electron chi connectivity index (χ4n) is 6.26. The van der Waals surface area contributed by atoms with Crippen LogP contribution in [0, 0.1) is 11.8 Å². The third kappa shape index (κ3) is 5.50. The summed E-state index contributed by atoms with van der Waals surface area (Å²) in [5, 5.41) is 3.86. The number of rotatable bonds is 7. The molecule has 2 aliphatic heterocycles. The van der Waals surface area contributed by atoms with E-state index in [1.54, 1.807) is 36.3 Å². The first kappa shape index (κ1) is 28.2. The van der Waals surface area contributed by atoms with Gasteiger partial charge < -0.3 is 19.9 Å². The average molecular weight is 613 g/mol. The number of Topliss-reactive ketones (excluding diaryl/α,β-unsaturated/α-hetero) is 1. The summed E-state index contributed by atoms with van der Waals surface area (Å²) in [6.07, 6.45) is 1.56. The van der Waals surface area contributed by atoms with E-state index in [4.69, 9.17) is 27.9 Å². The molecule has 1 aromatic heterocycles. The van der Waals surface area contributed by atoms with Crippen LogP contribution in [-0.4, -0.2) is 66.7 Å². The lowest BCUT2D eigenvalue weighted by Gasteiger charge is -2.36. The third-order valence-corrected chi connectivity index (χ3v) is 9.84. The van der Waals surface area contributed by atoms with Gasteiger partial charge in [0.25, 0.3) is 0 Å². The highest BCUT2D eigenvalue weighted by molar-refractivity contribution is 7.18. The summed E-state index contributed by atoms with van der Waals surface area (Å²) < 4.78 is 6.06. The summed E-state index contributed by atoms with van der Waals surface area (Å²) in [5.74, 6) is -1.23. The number of halogens is 2. The van der Waals surface area contributed by atoms with Gasteiger partial charge >= 0.3 is 0 Å². The number of nitrogens with zero attached hydrogens (tertiary/aromatic N) is 2. The van der Waals surface area contributed by atoms with E-state index in [1.165, 1.54) is 11.3 Å². The van der Waals surface area contributed by atoms with Crippen LogP contribution in [0.25, 0.3) is 0 Å². The van der Waals surface area contributed by atoms with Crippen molar-refractivity contribution in [3.63, 3.8) is 0 Å². The van der Waals surface area contributed by atoms with Gasteiger partial charge in [0.2, 0.25) is 11.8 Å². The van der Waals surface area contributed by atoms with Crippen molar-refractivity contribution >= 4 is 52.1 Å². The van der Waals surface area contributed by atoms with Crippen LogP contribution in [-0.2, 0) is 9.59 Å². The highest BCUT2D eigenvalue weighted by Crippen LogP contribution is 2.54. The van der Waals surface area contributed by atoms with Crippen molar-refractivity contribution in [3.05, 3.63) is 86.0 Å². The molecule has 0 bridgehead atoms. The minimum Gasteiger partial charge on any atom is -0.497 e. The smallest absolute Gasteiger partial charge is 0.246 e. The van der Waals surface area contributed by atoms with Gasteiger partial charge in [-0.05, 0) is 60.4 Å². The van der Waals surface area contributed by atoms with E-state index < -0.39 is 23.9 Å². The van der Waals surface area contributed by atoms with E-state index in [1.807, 2.05) is 41.3 Å². The van der Waals surface area contributed by atoms with E-state index in [-0.39, 0.29) is 23.5 Å². The molecule has 10 heteroatoms. The Hall–Kier alpha value is -2.91. The van der Waals surface area contributed by atoms with Gasteiger partial charge in [-0.25, -0.2) is 0 Å². The molecule has 2 saturated heterocycles. The van der Waals surface area contributed by atoms with Crippen LogP contribution in [0.3, 0.4) is 0 Å². The topological polar surface area (TPSA) is 79.0 Å². The molecule has 3 heterocycles. The molecule has 4 atom stereocenters. The summed E-state index contributed by atoms with van der Waals surface area (Å²) >= 11 is 13.8. The maximum Gasteiger partial charge on any atom is 0.246 e. The Balaban J connectivity index is 1.58. The van der Waals surface area contributed by atoms with Crippen molar-refractivity contribution < 1.29 is 19.1 Å². The Bertz CT molecular complexity index is 1450. The quantitative estimate of drug-likeness (QED) is 0.360. The fourth-order valence-corrected chi connectivity index (χ4v) is 7.41. The van der Waals surface area contributed by atoms with Crippen LogP contribution < -0.4 is 10.1 Å². The maximum absolute atomic E-state index is 14.6. The first-order valence-electron chi connectivity index (χ1n) is 13.9. The van der Waals surface area contributed by atoms with Gasteiger partial charge in [0, 0.05) is 43.0 Å². The number of benzene rings is 2. The summed E-state index contributed by atoms with van der Waals surface area (Å²) in [4.78, 5) is 47.4. The number of hydrogen-bond acceptors (Lipinski definition) is 6. The lowest BCUT2D eigenvalue weighted by molar-refractivity contribution is -0.147. The second-order valence-electron chi connectivity index (χ2n) is 10.8. The predicted octanol–water partition coefficient (Wildman–Crippen LogP) is 5.44. The van der Waals surface area contributed by atoms with Crippen LogP contribution in [0.4, 0.5) is 0 Å². The van der Waals surface area contributed by atoms with Gasteiger partial charge in [0.05, 0.1) is 28.3 Å². The SMILES string of the molecule is COc1cccc(C2C(C(=O)c3ccc(Cl)s3)C(c3ccc(Cl)cc3)N(C(=O)C3CC3)C2C(=O)N2CCNCC2)c1. The number of nitrogens with one attached hydrogen (secondary N) is 1. The molecule has 214 valence electrons. The molecule has 3 aromatic rings. The van der Waals surface area contributed by atoms with Crippen LogP contribution in [0.2, 0.25) is 9.36 Å². The van der Waals surface area contributed by atoms with Crippen molar-refractivity contribution in [2.24, 2.45) is 11.8 Å². The molecule has 2 amide bonds. The lowest BCUT2D eigenvalue weighted by atomic mass is 9.77. The van der Waals surface area contributed by atoms with Gasteiger partial charge in [-0.15, -0.1) is 11.3 Å². The molecule has 3 aliphatic rings. The van der Waals surface area contributed by atoms with Crippen LogP contribution in [0.1, 0.15) is 45.6 Å². The maximum atomic E-state index is 14.6. The Morgan fingerprint density at radius 2 is 1.66 bits per heavy atom. The minimum absolute atomic E-state index is 0.0779. The Morgan fingerprint density at radius 3 is 2.29 bits per heavy atom. The molecule has 1 saturated carbocycles. The average Bonchev–Trinajstić information content (AvgIpc) is 3.67. The molecule has 41 heavy (non-hydrogen) atoms. The van der Waals surface area contributed by atoms with Gasteiger partial charge in [0.15, 0.2) is 5.78 Å². The molecule has 0 radical (unpaired) electrons. The number of hydrogen-bond donors (Lipinski definition) is 1. The highest BCUT2D eigenvalue weighted by Gasteiger charge is 2.59. The number of ketones is 1. The monoisotopic (exact) mass is 611 g/mol. The van der Waals surface area contributed by atoms with E-state index >= 15 is 0 Å². The van der Waals surface area contributed by atoms with Crippen molar-refractivity contribution in [3.8, 4) is 5.75 Å². The second-order valence-corrected chi connectivity index (χ2v) is 13.0. The first-order valence-corrected chi connectivity index (χ1v) is 15.4. The van der Waals surface area contributed by atoms with E-state index in [0.717, 1.165) is 24.0 Å². The van der Waals surface area contributed by atoms with Gasteiger partial charge in [-0.2, -0.15) is 0 Å². The van der Waals surface area contributed by atoms with Gasteiger partial charge in [-0.3, -0.25) is 14.4 Å². The van der Waals surface area contributed by atoms with Gasteiger partial charge in [-0.1, -0.05) is 47.5 Å². The van der Waals surface area contributed by atoms with Gasteiger partial charge in [0.1, 0.15) is 11.8 Å². The molecule has 6 rings (SSSR count). The van der Waals surface area contributed by atoms with Crippen molar-refractivity contribution in [2.75, 3.05) is 33.3 Å². The van der Waals surface area contributed by atoms with Crippen LogP contribution in [0.5, 0.6) is 5.75 Å². The number of methoxy groups -OCH3 is 1. The summed E-state index contributed by atoms with van der Waals surface area (Å²) in [6.45, 7) is 2.43. The molecule has 7 nitrogen and oxygen atoms in total. The summed E-state index contributed by atoms with van der Waals surface area (Å²) in [5.41, 5.74) is 1.55. The van der Waals surface area contributed by atoms with Crippen LogP contribution >= 0.6 is 34.5 Å². The lowest BCUT2D eigenvalue weighted by Crippen LogP contribution is -2.55. The summed E-state index contributed by atoms with van der Waals surface area (Å²) in [6, 6.07) is 16.7. The largest absolute Gasteiger partial charge is 0.497 e. The van der Waals surface area contributed by atoms with E-state index in [0.29, 0.717) is 46.2 Å². The normalized spacial score (nSPS) is 24.4. The molecule has 2 aromatic carbocycles. The molecular weight excluding hydrogens is 581 g/mol. The second kappa shape index (κ2) is 11.8. The third-order valence-electron chi connectivity index (χ3n) is 8.34. The Kier molecular flexibility index (Phi) is 8.10. The van der Waals surface area contributed by atoms with E-state index in [9.17, 15) is 14.4 Å². The zero-order chi connectivity index (χ0) is 28.7. The predicted molar refractivity (Wildman–Crippen MR) is 160 cm³/mol. The summed E-state index contributed by atoms with van der Waals surface area (Å²) in [7, 11) is 1.59. The first-order chi connectivity index (χ1) is 19.9. The number of ether oxygens (including phenoxy) is 1. The molecule has 1 N–H and O–H groups in total. The minimum atomic E-state index is -0.863. The number of amides is 2. The standard InChI is InChI=1S/C31H31Cl2N3O4S/c1-40-22-4-2-3-20(17-22)25-26(29(37)23-11-12-24(33)41-23)27(18-7-9-21(32)10-8-18)36(30(38)19-5-6-19)28(25)31(39)35-15-13-34-14-16-35/h2-4,7-12,17,19,25-28,34H,5-6,13-16H2,1H3. The van der Waals surface area contributed by atoms with Crippen molar-refractivity contribution in [1.29, 1.82) is 0 Å². The molecular formula is C31H31Cl2N3O4S. The number of piperazine rings is 1. The Labute approximate surface area is 253 Å².